The largest absolute Gasteiger partial charge is 0.466 e. The summed E-state index contributed by atoms with van der Waals surface area (Å²) in [4.78, 5) is 11.5. The Morgan fingerprint density at radius 2 is 1.61 bits per heavy atom. The lowest BCUT2D eigenvalue weighted by Gasteiger charge is -2.29. The smallest absolute Gasteiger partial charge is 0.335 e. The number of hydrogen-bond acceptors (Lipinski definition) is 3. The van der Waals surface area contributed by atoms with Gasteiger partial charge in [0.2, 0.25) is 0 Å². The van der Waals surface area contributed by atoms with Crippen LogP contribution in [0.1, 0.15) is 79.1 Å². The van der Waals surface area contributed by atoms with E-state index in [1.165, 1.54) is 30.2 Å². The molecule has 1 fully saturated rings. The van der Waals surface area contributed by atoms with Gasteiger partial charge in [0.15, 0.2) is 0 Å². The summed E-state index contributed by atoms with van der Waals surface area (Å²) in [5.74, 6) is 0.214. The molecule has 0 aromatic rings. The number of carbonyl (C=O) groups excluding carboxylic acids is 1. The van der Waals surface area contributed by atoms with Crippen LogP contribution in [0, 0.1) is 5.92 Å². The molecule has 0 spiro atoms. The lowest BCUT2D eigenvalue weighted by molar-refractivity contribution is -0.138. The van der Waals surface area contributed by atoms with Crippen LogP contribution in [0.3, 0.4) is 0 Å². The first-order valence-electron chi connectivity index (χ1n) is 10.7. The fourth-order valence-corrected chi connectivity index (χ4v) is 3.48. The molecule has 0 aliphatic carbocycles. The van der Waals surface area contributed by atoms with Gasteiger partial charge in [-0.2, -0.15) is 0 Å². The van der Waals surface area contributed by atoms with Gasteiger partial charge in [0.05, 0.1) is 25.4 Å². The van der Waals surface area contributed by atoms with Gasteiger partial charge in [0.1, 0.15) is 0 Å². The summed E-state index contributed by atoms with van der Waals surface area (Å²) in [5, 5.41) is 0. The monoisotopic (exact) mass is 388 g/mol. The minimum atomic E-state index is -0.358. The molecule has 0 radical (unpaired) electrons. The van der Waals surface area contributed by atoms with Crippen molar-refractivity contribution >= 4 is 5.97 Å². The highest BCUT2D eigenvalue weighted by molar-refractivity contribution is 5.88. The van der Waals surface area contributed by atoms with E-state index in [4.69, 9.17) is 9.47 Å². The van der Waals surface area contributed by atoms with Gasteiger partial charge < -0.3 is 9.47 Å². The average molecular weight is 389 g/mol. The Morgan fingerprint density at radius 1 is 1.00 bits per heavy atom. The molecule has 0 N–H and O–H groups in total. The Morgan fingerprint density at radius 3 is 2.14 bits per heavy atom. The van der Waals surface area contributed by atoms with Crippen molar-refractivity contribution in [2.75, 3.05) is 13.7 Å². The lowest BCUT2D eigenvalue weighted by Crippen LogP contribution is -2.30. The van der Waals surface area contributed by atoms with Crippen molar-refractivity contribution in [2.45, 2.75) is 85.2 Å². The SMILES string of the molecule is C=C(C(=O)OC)[C@H]1CC[C@H](CC/C=C(\C)CC/C=C(\C)CCC=C(C)C)CO1. The van der Waals surface area contributed by atoms with Crippen LogP contribution in [0.5, 0.6) is 0 Å². The summed E-state index contributed by atoms with van der Waals surface area (Å²) in [5.41, 5.74) is 4.81. The molecule has 0 aromatic carbocycles. The lowest BCUT2D eigenvalue weighted by atomic mass is 9.91. The topological polar surface area (TPSA) is 35.5 Å². The highest BCUT2D eigenvalue weighted by atomic mass is 16.5. The van der Waals surface area contributed by atoms with Crippen molar-refractivity contribution in [3.05, 3.63) is 47.1 Å². The van der Waals surface area contributed by atoms with Crippen LogP contribution in [0.15, 0.2) is 47.1 Å². The second-order valence-electron chi connectivity index (χ2n) is 8.32. The Labute approximate surface area is 172 Å². The van der Waals surface area contributed by atoms with Crippen LogP contribution in [-0.4, -0.2) is 25.8 Å². The van der Waals surface area contributed by atoms with Crippen LogP contribution in [0.4, 0.5) is 0 Å². The molecule has 0 amide bonds. The highest BCUT2D eigenvalue weighted by Gasteiger charge is 2.26. The average Bonchev–Trinajstić information content (AvgIpc) is 2.67. The van der Waals surface area contributed by atoms with E-state index in [9.17, 15) is 4.79 Å². The second-order valence-corrected chi connectivity index (χ2v) is 8.32. The molecule has 28 heavy (non-hydrogen) atoms. The van der Waals surface area contributed by atoms with Crippen LogP contribution >= 0.6 is 0 Å². The van der Waals surface area contributed by atoms with Crippen molar-refractivity contribution in [2.24, 2.45) is 5.92 Å². The van der Waals surface area contributed by atoms with Crippen molar-refractivity contribution in [1.82, 2.24) is 0 Å². The molecule has 1 aliphatic rings. The third-order valence-corrected chi connectivity index (χ3v) is 5.40. The third-order valence-electron chi connectivity index (χ3n) is 5.40. The van der Waals surface area contributed by atoms with Crippen molar-refractivity contribution in [3.8, 4) is 0 Å². The zero-order valence-electron chi connectivity index (χ0n) is 18.7. The number of esters is 1. The number of allylic oxidation sites excluding steroid dienone is 6. The number of carbonyl (C=O) groups is 1. The maximum absolute atomic E-state index is 11.5. The zero-order chi connectivity index (χ0) is 20.9. The molecule has 1 rings (SSSR count). The summed E-state index contributed by atoms with van der Waals surface area (Å²) in [6, 6.07) is 0. The Balaban J connectivity index is 2.22. The summed E-state index contributed by atoms with van der Waals surface area (Å²) in [7, 11) is 1.38. The predicted molar refractivity (Wildman–Crippen MR) is 118 cm³/mol. The van der Waals surface area contributed by atoms with Gasteiger partial charge in [-0.15, -0.1) is 0 Å². The molecule has 3 heteroatoms. The minimum Gasteiger partial charge on any atom is -0.466 e. The molecule has 2 atom stereocenters. The number of ether oxygens (including phenoxy) is 2. The maximum atomic E-state index is 11.5. The predicted octanol–water partition coefficient (Wildman–Crippen LogP) is 6.71. The number of hydrogen-bond donors (Lipinski definition) is 0. The normalized spacial score (nSPS) is 20.6. The van der Waals surface area contributed by atoms with Gasteiger partial charge in [0.25, 0.3) is 0 Å². The maximum Gasteiger partial charge on any atom is 0.335 e. The summed E-state index contributed by atoms with van der Waals surface area (Å²) in [6.45, 7) is 13.3. The van der Waals surface area contributed by atoms with E-state index >= 15 is 0 Å². The van der Waals surface area contributed by atoms with E-state index in [1.54, 1.807) is 0 Å². The molecule has 158 valence electrons. The molecule has 0 unspecified atom stereocenters. The second kappa shape index (κ2) is 13.5. The molecule has 0 saturated carbocycles. The van der Waals surface area contributed by atoms with E-state index in [0.29, 0.717) is 18.1 Å². The first-order valence-corrected chi connectivity index (χ1v) is 10.7. The van der Waals surface area contributed by atoms with E-state index in [1.807, 2.05) is 0 Å². The van der Waals surface area contributed by atoms with Crippen molar-refractivity contribution in [3.63, 3.8) is 0 Å². The number of methoxy groups -OCH3 is 1. The molecule has 1 heterocycles. The van der Waals surface area contributed by atoms with Crippen LogP contribution in [0.25, 0.3) is 0 Å². The van der Waals surface area contributed by atoms with Crippen LogP contribution < -0.4 is 0 Å². The Bertz CT molecular complexity index is 583. The molecule has 1 saturated heterocycles. The van der Waals surface area contributed by atoms with Crippen molar-refractivity contribution in [1.29, 1.82) is 0 Å². The molecule has 0 aromatic heterocycles. The van der Waals surface area contributed by atoms with E-state index in [2.05, 4.69) is 52.5 Å². The van der Waals surface area contributed by atoms with Gasteiger partial charge in [-0.1, -0.05) is 41.5 Å². The summed E-state index contributed by atoms with van der Waals surface area (Å²) in [6.07, 6.45) is 15.7. The molecule has 0 bridgehead atoms. The van der Waals surface area contributed by atoms with Gasteiger partial charge in [0, 0.05) is 0 Å². The standard InChI is InChI=1S/C25H40O3/c1-19(2)10-7-11-20(3)12-8-13-21(4)14-9-15-23-16-17-24(28-18-23)22(5)25(26)27-6/h10,12,14,23-24H,5,7-9,11,13,15-18H2,1-4,6H3/b20-12+,21-14+/t23-,24+/m0/s1. The molecular formula is C25H40O3. The Kier molecular flexibility index (Phi) is 11.8. The van der Waals surface area contributed by atoms with E-state index < -0.39 is 0 Å². The van der Waals surface area contributed by atoms with Gasteiger partial charge in [-0.25, -0.2) is 4.79 Å². The van der Waals surface area contributed by atoms with Crippen LogP contribution in [0.2, 0.25) is 0 Å². The minimum absolute atomic E-state index is 0.173. The van der Waals surface area contributed by atoms with Gasteiger partial charge in [-0.3, -0.25) is 0 Å². The van der Waals surface area contributed by atoms with Gasteiger partial charge in [-0.05, 0) is 85.0 Å². The molecular weight excluding hydrogens is 348 g/mol. The summed E-state index contributed by atoms with van der Waals surface area (Å²) < 4.78 is 10.6. The van der Waals surface area contributed by atoms with E-state index in [-0.39, 0.29) is 12.1 Å². The van der Waals surface area contributed by atoms with E-state index in [0.717, 1.165) is 44.9 Å². The first kappa shape index (κ1) is 24.4. The van der Waals surface area contributed by atoms with Gasteiger partial charge >= 0.3 is 5.97 Å². The first-order chi connectivity index (χ1) is 13.3. The zero-order valence-corrected chi connectivity index (χ0v) is 18.7. The molecule has 3 nitrogen and oxygen atoms in total. The fourth-order valence-electron chi connectivity index (χ4n) is 3.48. The third kappa shape index (κ3) is 10.1. The summed E-state index contributed by atoms with van der Waals surface area (Å²) >= 11 is 0. The fraction of sp³-hybridized carbons (Fsp3) is 0.640. The Hall–Kier alpha value is -1.61. The number of rotatable bonds is 11. The molecule has 1 aliphatic heterocycles. The highest BCUT2D eigenvalue weighted by Crippen LogP contribution is 2.27. The quantitative estimate of drug-likeness (QED) is 0.224. The van der Waals surface area contributed by atoms with Crippen LogP contribution in [-0.2, 0) is 14.3 Å². The van der Waals surface area contributed by atoms with Crippen molar-refractivity contribution < 1.29 is 14.3 Å².